The van der Waals surface area contributed by atoms with Crippen LogP contribution in [0.2, 0.25) is 0 Å². The van der Waals surface area contributed by atoms with E-state index in [0.29, 0.717) is 5.92 Å². The summed E-state index contributed by atoms with van der Waals surface area (Å²) in [7, 11) is 0. The molecule has 2 rings (SSSR count). The average Bonchev–Trinajstić information content (AvgIpc) is 2.59. The van der Waals surface area contributed by atoms with E-state index in [1.807, 2.05) is 11.3 Å². The molecule has 86 valence electrons. The minimum atomic E-state index is 0.533. The lowest BCUT2D eigenvalue weighted by Gasteiger charge is -2.03. The van der Waals surface area contributed by atoms with Gasteiger partial charge in [0, 0.05) is 5.92 Å². The van der Waals surface area contributed by atoms with Crippen molar-refractivity contribution in [1.82, 2.24) is 4.98 Å². The Kier molecular flexibility index (Phi) is 3.29. The third-order valence-electron chi connectivity index (χ3n) is 2.61. The molecule has 1 heterocycles. The number of nitrogens with zero attached hydrogens (tertiary/aromatic N) is 1. The summed E-state index contributed by atoms with van der Waals surface area (Å²) in [4.78, 5) is 4.65. The summed E-state index contributed by atoms with van der Waals surface area (Å²) >= 11 is 1.84. The number of aromatic nitrogens is 1. The van der Waals surface area contributed by atoms with E-state index in [2.05, 4.69) is 50.9 Å². The molecule has 0 saturated heterocycles. The monoisotopic (exact) mass is 233 g/mol. The minimum Gasteiger partial charge on any atom is -0.241 e. The molecule has 0 aliphatic heterocycles. The maximum Gasteiger partial charge on any atom is 0.0963 e. The number of thiazole rings is 1. The molecule has 0 unspecified atom stereocenters. The highest BCUT2D eigenvalue weighted by Gasteiger charge is 2.08. The summed E-state index contributed by atoms with van der Waals surface area (Å²) in [6.07, 6.45) is 1.16. The van der Waals surface area contributed by atoms with Crippen LogP contribution in [0.4, 0.5) is 0 Å². The summed E-state index contributed by atoms with van der Waals surface area (Å²) in [6, 6.07) is 6.68. The van der Waals surface area contributed by atoms with E-state index in [9.17, 15) is 0 Å². The lowest BCUT2D eigenvalue weighted by atomic mass is 10.0. The first-order chi connectivity index (χ1) is 7.56. The molecule has 1 nitrogen and oxygen atoms in total. The largest absolute Gasteiger partial charge is 0.241 e. The molecule has 2 aromatic rings. The predicted octanol–water partition coefficient (Wildman–Crippen LogP) is 4.62. The molecule has 0 aliphatic carbocycles. The van der Waals surface area contributed by atoms with E-state index >= 15 is 0 Å². The second kappa shape index (κ2) is 4.54. The lowest BCUT2D eigenvalue weighted by Crippen LogP contribution is -1.92. The van der Waals surface area contributed by atoms with Crippen LogP contribution in [0.25, 0.3) is 10.2 Å². The van der Waals surface area contributed by atoms with Gasteiger partial charge in [0.25, 0.3) is 0 Å². The summed E-state index contributed by atoms with van der Waals surface area (Å²) in [5.74, 6) is 1.25. The third kappa shape index (κ3) is 2.43. The summed E-state index contributed by atoms with van der Waals surface area (Å²) in [5.41, 5.74) is 2.59. The van der Waals surface area contributed by atoms with Gasteiger partial charge in [0.1, 0.15) is 0 Å². The van der Waals surface area contributed by atoms with Gasteiger partial charge in [-0.05, 0) is 30.0 Å². The van der Waals surface area contributed by atoms with Crippen LogP contribution in [0.15, 0.2) is 18.2 Å². The van der Waals surface area contributed by atoms with Crippen molar-refractivity contribution >= 4 is 21.6 Å². The van der Waals surface area contributed by atoms with Crippen molar-refractivity contribution < 1.29 is 0 Å². The van der Waals surface area contributed by atoms with Gasteiger partial charge in [-0.1, -0.05) is 33.8 Å². The van der Waals surface area contributed by atoms with E-state index in [-0.39, 0.29) is 0 Å². The van der Waals surface area contributed by atoms with E-state index in [0.717, 1.165) is 17.9 Å². The topological polar surface area (TPSA) is 12.9 Å². The van der Waals surface area contributed by atoms with Crippen molar-refractivity contribution in [2.24, 2.45) is 5.92 Å². The van der Waals surface area contributed by atoms with Crippen LogP contribution in [-0.4, -0.2) is 4.98 Å². The zero-order valence-corrected chi connectivity index (χ0v) is 11.3. The van der Waals surface area contributed by atoms with Crippen LogP contribution in [0.5, 0.6) is 0 Å². The van der Waals surface area contributed by atoms with Crippen LogP contribution in [0, 0.1) is 5.92 Å². The fourth-order valence-electron chi connectivity index (χ4n) is 1.83. The molecule has 0 amide bonds. The predicted molar refractivity (Wildman–Crippen MR) is 72.3 cm³/mol. The molecule has 0 bridgehead atoms. The lowest BCUT2D eigenvalue weighted by molar-refractivity contribution is 0.648. The zero-order valence-electron chi connectivity index (χ0n) is 10.4. The summed E-state index contributed by atoms with van der Waals surface area (Å²) < 4.78 is 1.34. The Morgan fingerprint density at radius 3 is 2.56 bits per heavy atom. The highest BCUT2D eigenvalue weighted by Crippen LogP contribution is 2.28. The Balaban J connectivity index is 2.38. The standard InChI is InChI=1S/C14H19NS/c1-9(2)7-11-5-6-12-13(8-11)16-14(15-12)10(3)4/h5-6,8-10H,7H2,1-4H3. The van der Waals surface area contributed by atoms with Crippen molar-refractivity contribution in [2.75, 3.05) is 0 Å². The maximum absolute atomic E-state index is 4.65. The molecule has 1 aromatic carbocycles. The molecule has 0 aliphatic rings. The third-order valence-corrected chi connectivity index (χ3v) is 3.93. The molecular formula is C14H19NS. The fourth-order valence-corrected chi connectivity index (χ4v) is 2.87. The molecule has 0 spiro atoms. The van der Waals surface area contributed by atoms with Crippen LogP contribution in [0.1, 0.15) is 44.2 Å². The van der Waals surface area contributed by atoms with Gasteiger partial charge >= 0.3 is 0 Å². The smallest absolute Gasteiger partial charge is 0.0963 e. The molecular weight excluding hydrogens is 214 g/mol. The van der Waals surface area contributed by atoms with Crippen molar-refractivity contribution in [3.8, 4) is 0 Å². The number of benzene rings is 1. The SMILES string of the molecule is CC(C)Cc1ccc2nc(C(C)C)sc2c1. The Morgan fingerprint density at radius 1 is 1.19 bits per heavy atom. The molecule has 2 heteroatoms. The van der Waals surface area contributed by atoms with Crippen molar-refractivity contribution in [1.29, 1.82) is 0 Å². The quantitative estimate of drug-likeness (QED) is 0.754. The van der Waals surface area contributed by atoms with Crippen LogP contribution in [0.3, 0.4) is 0 Å². The van der Waals surface area contributed by atoms with E-state index in [1.165, 1.54) is 15.3 Å². The maximum atomic E-state index is 4.65. The van der Waals surface area contributed by atoms with E-state index in [4.69, 9.17) is 0 Å². The molecule has 0 saturated carbocycles. The minimum absolute atomic E-state index is 0.533. The number of hydrogen-bond donors (Lipinski definition) is 0. The van der Waals surface area contributed by atoms with Crippen LogP contribution < -0.4 is 0 Å². The second-order valence-corrected chi connectivity index (χ2v) is 6.17. The molecule has 1 aromatic heterocycles. The second-order valence-electron chi connectivity index (χ2n) is 5.11. The Morgan fingerprint density at radius 2 is 1.94 bits per heavy atom. The Bertz CT molecular complexity index is 482. The van der Waals surface area contributed by atoms with Gasteiger partial charge in [0.05, 0.1) is 15.2 Å². The molecule has 16 heavy (non-hydrogen) atoms. The Hall–Kier alpha value is -0.890. The molecule has 0 fully saturated rings. The first kappa shape index (κ1) is 11.6. The first-order valence-corrected chi connectivity index (χ1v) is 6.77. The van der Waals surface area contributed by atoms with Crippen molar-refractivity contribution in [3.05, 3.63) is 28.8 Å². The van der Waals surface area contributed by atoms with Crippen LogP contribution in [-0.2, 0) is 6.42 Å². The molecule has 0 radical (unpaired) electrons. The van der Waals surface area contributed by atoms with Crippen molar-refractivity contribution in [3.63, 3.8) is 0 Å². The van der Waals surface area contributed by atoms with Gasteiger partial charge in [-0.3, -0.25) is 0 Å². The van der Waals surface area contributed by atoms with Crippen LogP contribution >= 0.6 is 11.3 Å². The number of hydrogen-bond acceptors (Lipinski definition) is 2. The summed E-state index contributed by atoms with van der Waals surface area (Å²) in [6.45, 7) is 8.92. The van der Waals surface area contributed by atoms with Gasteiger partial charge < -0.3 is 0 Å². The van der Waals surface area contributed by atoms with Gasteiger partial charge in [0.15, 0.2) is 0 Å². The summed E-state index contributed by atoms with van der Waals surface area (Å²) in [5, 5.41) is 1.25. The normalized spacial score (nSPS) is 11.9. The van der Waals surface area contributed by atoms with Gasteiger partial charge in [-0.25, -0.2) is 4.98 Å². The van der Waals surface area contributed by atoms with Gasteiger partial charge in [-0.15, -0.1) is 11.3 Å². The van der Waals surface area contributed by atoms with E-state index < -0.39 is 0 Å². The zero-order chi connectivity index (χ0) is 11.7. The van der Waals surface area contributed by atoms with E-state index in [1.54, 1.807) is 0 Å². The average molecular weight is 233 g/mol. The fraction of sp³-hybridized carbons (Fsp3) is 0.500. The van der Waals surface area contributed by atoms with Gasteiger partial charge in [0.2, 0.25) is 0 Å². The van der Waals surface area contributed by atoms with Crippen molar-refractivity contribution in [2.45, 2.75) is 40.0 Å². The molecule has 0 N–H and O–H groups in total. The number of rotatable bonds is 3. The molecule has 0 atom stereocenters. The first-order valence-electron chi connectivity index (χ1n) is 5.95. The Labute approximate surface area is 102 Å². The highest BCUT2D eigenvalue weighted by molar-refractivity contribution is 7.18. The highest BCUT2D eigenvalue weighted by atomic mass is 32.1. The van der Waals surface area contributed by atoms with Gasteiger partial charge in [-0.2, -0.15) is 0 Å². The number of fused-ring (bicyclic) bond motifs is 1.